The molecule has 0 radical (unpaired) electrons. The largest absolute Gasteiger partial charge is 0.392 e. The minimum Gasteiger partial charge on any atom is -0.392 e. The molecule has 1 aliphatic heterocycles. The van der Waals surface area contributed by atoms with Crippen LogP contribution in [0.15, 0.2) is 28.8 Å². The van der Waals surface area contributed by atoms with Crippen LogP contribution in [0.3, 0.4) is 0 Å². The zero-order chi connectivity index (χ0) is 17.3. The van der Waals surface area contributed by atoms with Crippen molar-refractivity contribution in [2.45, 2.75) is 25.5 Å². The number of β-amino-alcohol motifs (C(OH)–C–C–N with tert-alkyl or cyclic N) is 1. The van der Waals surface area contributed by atoms with Crippen LogP contribution in [0, 0.1) is 18.6 Å². The first-order valence-corrected chi connectivity index (χ1v) is 7.52. The summed E-state index contributed by atoms with van der Waals surface area (Å²) in [7, 11) is 0. The highest BCUT2D eigenvalue weighted by atomic mass is 19.1. The Bertz CT molecular complexity index is 750. The Morgan fingerprint density at radius 2 is 2.25 bits per heavy atom. The summed E-state index contributed by atoms with van der Waals surface area (Å²) in [5, 5.41) is 16.1. The van der Waals surface area contributed by atoms with Crippen molar-refractivity contribution in [3.8, 4) is 0 Å². The van der Waals surface area contributed by atoms with Crippen LogP contribution in [0.25, 0.3) is 0 Å². The predicted octanol–water partition coefficient (Wildman–Crippen LogP) is 2.01. The Hall–Kier alpha value is -2.32. The fourth-order valence-corrected chi connectivity index (χ4v) is 2.94. The van der Waals surface area contributed by atoms with Gasteiger partial charge in [0.25, 0.3) is 0 Å². The van der Waals surface area contributed by atoms with E-state index in [-0.39, 0.29) is 36.8 Å². The number of aromatic nitrogens is 1. The maximum absolute atomic E-state index is 14.0. The fraction of sp³-hybridized carbons (Fsp3) is 0.375. The summed E-state index contributed by atoms with van der Waals surface area (Å²) in [6.07, 6.45) is -0.476. The second-order valence-electron chi connectivity index (χ2n) is 5.87. The zero-order valence-corrected chi connectivity index (χ0v) is 13.0. The molecule has 2 N–H and O–H groups in total. The SMILES string of the molecule is Cc1cc(NC(=O)CN2C[C@@H](O)C[C@@H]2c2cc(F)ccc2F)no1. The van der Waals surface area contributed by atoms with Gasteiger partial charge in [-0.25, -0.2) is 8.78 Å². The molecule has 1 aromatic carbocycles. The lowest BCUT2D eigenvalue weighted by atomic mass is 10.0. The molecule has 0 bridgehead atoms. The molecule has 0 spiro atoms. The van der Waals surface area contributed by atoms with Crippen molar-refractivity contribution in [2.75, 3.05) is 18.4 Å². The van der Waals surface area contributed by atoms with Crippen LogP contribution in [0.4, 0.5) is 14.6 Å². The third-order valence-corrected chi connectivity index (χ3v) is 3.94. The summed E-state index contributed by atoms with van der Waals surface area (Å²) in [5.41, 5.74) is 0.136. The van der Waals surface area contributed by atoms with Crippen molar-refractivity contribution < 1.29 is 23.2 Å². The number of aryl methyl sites for hydroxylation is 1. The van der Waals surface area contributed by atoms with Crippen molar-refractivity contribution in [3.63, 3.8) is 0 Å². The predicted molar refractivity (Wildman–Crippen MR) is 81.2 cm³/mol. The number of benzene rings is 1. The van der Waals surface area contributed by atoms with E-state index in [1.807, 2.05) is 0 Å². The van der Waals surface area contributed by atoms with Crippen LogP contribution in [-0.4, -0.2) is 40.3 Å². The fourth-order valence-electron chi connectivity index (χ4n) is 2.94. The molecule has 1 aromatic heterocycles. The van der Waals surface area contributed by atoms with Crippen molar-refractivity contribution in [3.05, 3.63) is 47.2 Å². The average Bonchev–Trinajstić information content (AvgIpc) is 3.07. The molecule has 2 heterocycles. The van der Waals surface area contributed by atoms with Gasteiger partial charge >= 0.3 is 0 Å². The Morgan fingerprint density at radius 3 is 2.96 bits per heavy atom. The number of halogens is 2. The molecule has 6 nitrogen and oxygen atoms in total. The number of nitrogens with zero attached hydrogens (tertiary/aromatic N) is 2. The van der Waals surface area contributed by atoms with Crippen LogP contribution >= 0.6 is 0 Å². The van der Waals surface area contributed by atoms with Crippen LogP contribution in [0.5, 0.6) is 0 Å². The molecule has 0 aliphatic carbocycles. The molecule has 1 amide bonds. The van der Waals surface area contributed by atoms with Gasteiger partial charge in [-0.3, -0.25) is 9.69 Å². The van der Waals surface area contributed by atoms with E-state index in [0.717, 1.165) is 18.2 Å². The summed E-state index contributed by atoms with van der Waals surface area (Å²) in [5.74, 6) is -0.658. The molecule has 8 heteroatoms. The highest BCUT2D eigenvalue weighted by Crippen LogP contribution is 2.33. The molecule has 1 aliphatic rings. The topological polar surface area (TPSA) is 78.6 Å². The number of likely N-dealkylation sites (tertiary alicyclic amines) is 1. The molecule has 24 heavy (non-hydrogen) atoms. The molecule has 1 fully saturated rings. The van der Waals surface area contributed by atoms with Crippen molar-refractivity contribution in [2.24, 2.45) is 0 Å². The minimum absolute atomic E-state index is 0.0798. The standard InChI is InChI=1S/C16H17F2N3O3/c1-9-4-15(20-24-9)19-16(23)8-21-7-11(22)6-14(21)12-5-10(17)2-3-13(12)18/h2-5,11,14,22H,6-8H2,1H3,(H,19,20,23)/t11-,14+/m0/s1. The minimum atomic E-state index is -0.709. The molecular formula is C16H17F2N3O3. The van der Waals surface area contributed by atoms with Gasteiger partial charge in [-0.1, -0.05) is 5.16 Å². The molecule has 0 saturated carbocycles. The Labute approximate surface area is 137 Å². The van der Waals surface area contributed by atoms with Gasteiger partial charge in [0.15, 0.2) is 5.82 Å². The van der Waals surface area contributed by atoms with Gasteiger partial charge in [0.05, 0.1) is 12.6 Å². The quantitative estimate of drug-likeness (QED) is 0.892. The summed E-state index contributed by atoms with van der Waals surface area (Å²) >= 11 is 0. The number of rotatable bonds is 4. The maximum Gasteiger partial charge on any atom is 0.239 e. The van der Waals surface area contributed by atoms with Gasteiger partial charge in [0.2, 0.25) is 5.91 Å². The maximum atomic E-state index is 14.0. The Balaban J connectivity index is 1.73. The van der Waals surface area contributed by atoms with Gasteiger partial charge in [-0.05, 0) is 31.5 Å². The molecule has 3 rings (SSSR count). The van der Waals surface area contributed by atoms with E-state index in [9.17, 15) is 18.7 Å². The molecule has 128 valence electrons. The molecule has 2 atom stereocenters. The second kappa shape index (κ2) is 6.66. The normalized spacial score (nSPS) is 21.2. The third kappa shape index (κ3) is 3.60. The van der Waals surface area contributed by atoms with Crippen LogP contribution in [-0.2, 0) is 4.79 Å². The summed E-state index contributed by atoms with van der Waals surface area (Å²) in [6, 6.07) is 4.19. The summed E-state index contributed by atoms with van der Waals surface area (Å²) in [6.45, 7) is 1.82. The first kappa shape index (κ1) is 16.5. The summed E-state index contributed by atoms with van der Waals surface area (Å²) < 4.78 is 32.3. The number of hydrogen-bond donors (Lipinski definition) is 2. The number of hydrogen-bond acceptors (Lipinski definition) is 5. The van der Waals surface area contributed by atoms with Gasteiger partial charge in [0.1, 0.15) is 17.4 Å². The van der Waals surface area contributed by atoms with E-state index in [1.54, 1.807) is 17.9 Å². The molecule has 1 saturated heterocycles. The molecular weight excluding hydrogens is 320 g/mol. The molecule has 2 aromatic rings. The Kier molecular flexibility index (Phi) is 4.59. The third-order valence-electron chi connectivity index (χ3n) is 3.94. The van der Waals surface area contributed by atoms with Crippen molar-refractivity contribution in [1.29, 1.82) is 0 Å². The van der Waals surface area contributed by atoms with Gasteiger partial charge < -0.3 is 14.9 Å². The van der Waals surface area contributed by atoms with Gasteiger partial charge in [-0.2, -0.15) is 0 Å². The van der Waals surface area contributed by atoms with Crippen LogP contribution < -0.4 is 5.32 Å². The number of aliphatic hydroxyl groups is 1. The van der Waals surface area contributed by atoms with Crippen LogP contribution in [0.2, 0.25) is 0 Å². The zero-order valence-electron chi connectivity index (χ0n) is 13.0. The van der Waals surface area contributed by atoms with Crippen molar-refractivity contribution in [1.82, 2.24) is 10.1 Å². The van der Waals surface area contributed by atoms with E-state index < -0.39 is 23.8 Å². The number of nitrogens with one attached hydrogen (secondary N) is 1. The highest BCUT2D eigenvalue weighted by Gasteiger charge is 2.35. The molecule has 0 unspecified atom stereocenters. The van der Waals surface area contributed by atoms with E-state index >= 15 is 0 Å². The number of anilines is 1. The monoisotopic (exact) mass is 337 g/mol. The number of aliphatic hydroxyl groups excluding tert-OH is 1. The number of carbonyl (C=O) groups is 1. The Morgan fingerprint density at radius 1 is 1.46 bits per heavy atom. The highest BCUT2D eigenvalue weighted by molar-refractivity contribution is 5.91. The average molecular weight is 337 g/mol. The van der Waals surface area contributed by atoms with E-state index in [4.69, 9.17) is 4.52 Å². The van der Waals surface area contributed by atoms with Crippen LogP contribution in [0.1, 0.15) is 23.8 Å². The lowest BCUT2D eigenvalue weighted by Crippen LogP contribution is -2.34. The second-order valence-corrected chi connectivity index (χ2v) is 5.87. The van der Waals surface area contributed by atoms with Gasteiger partial charge in [-0.15, -0.1) is 0 Å². The smallest absolute Gasteiger partial charge is 0.239 e. The van der Waals surface area contributed by atoms with E-state index in [1.165, 1.54) is 0 Å². The summed E-state index contributed by atoms with van der Waals surface area (Å²) in [4.78, 5) is 13.7. The first-order valence-electron chi connectivity index (χ1n) is 7.52. The van der Waals surface area contributed by atoms with Gasteiger partial charge in [0, 0.05) is 24.2 Å². The van der Waals surface area contributed by atoms with E-state index in [0.29, 0.717) is 5.76 Å². The lowest BCUT2D eigenvalue weighted by molar-refractivity contribution is -0.117. The number of carbonyl (C=O) groups excluding carboxylic acids is 1. The lowest BCUT2D eigenvalue weighted by Gasteiger charge is -2.24. The van der Waals surface area contributed by atoms with E-state index in [2.05, 4.69) is 10.5 Å². The number of amides is 1. The van der Waals surface area contributed by atoms with Crippen molar-refractivity contribution >= 4 is 11.7 Å². The first-order chi connectivity index (χ1) is 11.4.